The van der Waals surface area contributed by atoms with Gasteiger partial charge in [0.15, 0.2) is 0 Å². The Morgan fingerprint density at radius 3 is 2.69 bits per heavy atom. The molecule has 4 heteroatoms. The second-order valence-corrected chi connectivity index (χ2v) is 4.24. The number of ether oxygens (including phenoxy) is 1. The molecule has 0 bridgehead atoms. The van der Waals surface area contributed by atoms with E-state index in [0.29, 0.717) is 6.61 Å². The normalized spacial score (nSPS) is 9.62. The molecule has 0 N–H and O–H groups in total. The van der Waals surface area contributed by atoms with Gasteiger partial charge in [-0.3, -0.25) is 0 Å². The van der Waals surface area contributed by atoms with Crippen LogP contribution in [0.15, 0.2) is 29.6 Å². The third-order valence-electron chi connectivity index (χ3n) is 2.08. The summed E-state index contributed by atoms with van der Waals surface area (Å²) in [7, 11) is 0. The fourth-order valence-corrected chi connectivity index (χ4v) is 2.06. The maximum atomic E-state index is 5.57. The van der Waals surface area contributed by atoms with Crippen molar-refractivity contribution in [1.82, 2.24) is 4.98 Å². The van der Waals surface area contributed by atoms with Gasteiger partial charge in [0.25, 0.3) is 0 Å². The minimum absolute atomic E-state index is 0. The van der Waals surface area contributed by atoms with Crippen LogP contribution in [0.5, 0.6) is 5.75 Å². The molecule has 0 amide bonds. The molecular weight excluding hydrogens is 286 g/mol. The summed E-state index contributed by atoms with van der Waals surface area (Å²) in [6, 6.07) is 8.01. The SMILES string of the molecule is CCOc1ccccc1-c1csc(C)n1.[Br-]. The molecule has 1 aromatic heterocycles. The molecule has 0 spiro atoms. The van der Waals surface area contributed by atoms with E-state index < -0.39 is 0 Å². The molecule has 0 aliphatic rings. The van der Waals surface area contributed by atoms with E-state index in [-0.39, 0.29) is 17.0 Å². The summed E-state index contributed by atoms with van der Waals surface area (Å²) in [6.45, 7) is 4.68. The highest BCUT2D eigenvalue weighted by Crippen LogP contribution is 2.30. The standard InChI is InChI=1S/C12H13NOS.BrH/c1-3-14-12-7-5-4-6-10(12)11-8-15-9(2)13-11;/h4-8H,3H2,1-2H3;1H/p-1. The Balaban J connectivity index is 0.00000128. The number of thiazole rings is 1. The van der Waals surface area contributed by atoms with Gasteiger partial charge in [-0.15, -0.1) is 11.3 Å². The number of rotatable bonds is 3. The first-order valence-electron chi connectivity index (χ1n) is 4.95. The lowest BCUT2D eigenvalue weighted by Gasteiger charge is -2.07. The lowest BCUT2D eigenvalue weighted by molar-refractivity contribution is -0.00000365. The van der Waals surface area contributed by atoms with Crippen molar-refractivity contribution in [3.05, 3.63) is 34.7 Å². The Labute approximate surface area is 110 Å². The van der Waals surface area contributed by atoms with Crippen molar-refractivity contribution in [2.45, 2.75) is 13.8 Å². The quantitative estimate of drug-likeness (QED) is 0.824. The molecule has 0 unspecified atom stereocenters. The number of aryl methyl sites for hydroxylation is 1. The topological polar surface area (TPSA) is 22.1 Å². The molecule has 1 aromatic carbocycles. The average Bonchev–Trinajstić information content (AvgIpc) is 2.66. The van der Waals surface area contributed by atoms with E-state index >= 15 is 0 Å². The van der Waals surface area contributed by atoms with Gasteiger partial charge in [0.2, 0.25) is 0 Å². The fraction of sp³-hybridized carbons (Fsp3) is 0.250. The minimum atomic E-state index is 0. The number of para-hydroxylation sites is 1. The van der Waals surface area contributed by atoms with Gasteiger partial charge in [-0.2, -0.15) is 0 Å². The van der Waals surface area contributed by atoms with E-state index in [4.69, 9.17) is 4.74 Å². The fourth-order valence-electron chi connectivity index (χ4n) is 1.45. The summed E-state index contributed by atoms with van der Waals surface area (Å²) in [4.78, 5) is 4.46. The van der Waals surface area contributed by atoms with Crippen molar-refractivity contribution in [2.24, 2.45) is 0 Å². The summed E-state index contributed by atoms with van der Waals surface area (Å²) in [5.74, 6) is 0.908. The van der Waals surface area contributed by atoms with Crippen LogP contribution in [0, 0.1) is 6.92 Å². The Morgan fingerprint density at radius 1 is 1.31 bits per heavy atom. The van der Waals surface area contributed by atoms with E-state index in [9.17, 15) is 0 Å². The van der Waals surface area contributed by atoms with Crippen molar-refractivity contribution in [3.63, 3.8) is 0 Å². The van der Waals surface area contributed by atoms with Crippen LogP contribution in [-0.4, -0.2) is 11.6 Å². The molecule has 0 saturated heterocycles. The predicted molar refractivity (Wildman–Crippen MR) is 63.5 cm³/mol. The summed E-state index contributed by atoms with van der Waals surface area (Å²) in [6.07, 6.45) is 0. The number of halogens is 1. The number of hydrogen-bond acceptors (Lipinski definition) is 3. The molecule has 0 aliphatic heterocycles. The van der Waals surface area contributed by atoms with Crippen LogP contribution < -0.4 is 21.7 Å². The molecular formula is C12H13BrNOS-. The molecule has 86 valence electrons. The molecule has 1 heterocycles. The van der Waals surface area contributed by atoms with Gasteiger partial charge in [0, 0.05) is 10.9 Å². The van der Waals surface area contributed by atoms with Crippen molar-refractivity contribution in [1.29, 1.82) is 0 Å². The molecule has 2 rings (SSSR count). The van der Waals surface area contributed by atoms with Gasteiger partial charge in [-0.1, -0.05) is 12.1 Å². The molecule has 2 aromatic rings. The highest BCUT2D eigenvalue weighted by atomic mass is 79.9. The van der Waals surface area contributed by atoms with Gasteiger partial charge < -0.3 is 21.7 Å². The minimum Gasteiger partial charge on any atom is -1.00 e. The van der Waals surface area contributed by atoms with Crippen LogP contribution in [0.1, 0.15) is 11.9 Å². The number of hydrogen-bond donors (Lipinski definition) is 0. The van der Waals surface area contributed by atoms with E-state index in [1.54, 1.807) is 11.3 Å². The lowest BCUT2D eigenvalue weighted by atomic mass is 10.1. The van der Waals surface area contributed by atoms with Gasteiger partial charge in [-0.25, -0.2) is 4.98 Å². The van der Waals surface area contributed by atoms with Gasteiger partial charge >= 0.3 is 0 Å². The van der Waals surface area contributed by atoms with Gasteiger partial charge in [-0.05, 0) is 26.0 Å². The summed E-state index contributed by atoms with van der Waals surface area (Å²) >= 11 is 1.66. The van der Waals surface area contributed by atoms with E-state index in [1.165, 1.54) is 0 Å². The number of benzene rings is 1. The maximum absolute atomic E-state index is 5.57. The molecule has 0 radical (unpaired) electrons. The molecule has 16 heavy (non-hydrogen) atoms. The molecule has 0 atom stereocenters. The highest BCUT2D eigenvalue weighted by Gasteiger charge is 2.07. The monoisotopic (exact) mass is 298 g/mol. The third-order valence-corrected chi connectivity index (χ3v) is 2.86. The van der Waals surface area contributed by atoms with Gasteiger partial charge in [0.1, 0.15) is 5.75 Å². The molecule has 2 nitrogen and oxygen atoms in total. The summed E-state index contributed by atoms with van der Waals surface area (Å²) < 4.78 is 5.57. The zero-order valence-electron chi connectivity index (χ0n) is 9.24. The van der Waals surface area contributed by atoms with Crippen molar-refractivity contribution < 1.29 is 21.7 Å². The lowest BCUT2D eigenvalue weighted by Crippen LogP contribution is -3.00. The van der Waals surface area contributed by atoms with Gasteiger partial charge in [0.05, 0.1) is 17.3 Å². The van der Waals surface area contributed by atoms with Crippen molar-refractivity contribution >= 4 is 11.3 Å². The van der Waals surface area contributed by atoms with Crippen LogP contribution in [0.2, 0.25) is 0 Å². The zero-order chi connectivity index (χ0) is 10.7. The summed E-state index contributed by atoms with van der Waals surface area (Å²) in [5.41, 5.74) is 2.07. The second kappa shape index (κ2) is 6.01. The van der Waals surface area contributed by atoms with Crippen LogP contribution >= 0.6 is 11.3 Å². The number of nitrogens with zero attached hydrogens (tertiary/aromatic N) is 1. The Bertz CT molecular complexity index is 456. The molecule has 0 aliphatic carbocycles. The third kappa shape index (κ3) is 2.83. The first kappa shape index (κ1) is 13.2. The highest BCUT2D eigenvalue weighted by molar-refractivity contribution is 7.09. The second-order valence-electron chi connectivity index (χ2n) is 3.18. The largest absolute Gasteiger partial charge is 1.00 e. The molecule has 0 saturated carbocycles. The van der Waals surface area contributed by atoms with E-state index in [0.717, 1.165) is 22.0 Å². The smallest absolute Gasteiger partial charge is 0.128 e. The van der Waals surface area contributed by atoms with Crippen LogP contribution in [0.25, 0.3) is 11.3 Å². The Kier molecular flexibility index (Phi) is 4.96. The maximum Gasteiger partial charge on any atom is 0.128 e. The number of aromatic nitrogens is 1. The summed E-state index contributed by atoms with van der Waals surface area (Å²) in [5, 5.41) is 3.14. The van der Waals surface area contributed by atoms with Crippen LogP contribution in [0.4, 0.5) is 0 Å². The van der Waals surface area contributed by atoms with E-state index in [2.05, 4.69) is 10.4 Å². The van der Waals surface area contributed by atoms with Crippen LogP contribution in [-0.2, 0) is 0 Å². The Morgan fingerprint density at radius 2 is 2.06 bits per heavy atom. The first-order chi connectivity index (χ1) is 7.31. The Hall–Kier alpha value is -0.870. The average molecular weight is 299 g/mol. The molecule has 0 fully saturated rings. The van der Waals surface area contributed by atoms with Crippen molar-refractivity contribution in [3.8, 4) is 17.0 Å². The first-order valence-corrected chi connectivity index (χ1v) is 5.83. The van der Waals surface area contributed by atoms with Crippen LogP contribution in [0.3, 0.4) is 0 Å². The zero-order valence-corrected chi connectivity index (χ0v) is 11.6. The van der Waals surface area contributed by atoms with Crippen molar-refractivity contribution in [2.75, 3.05) is 6.61 Å². The predicted octanol–water partition coefficient (Wildman–Crippen LogP) is 0.521. The van der Waals surface area contributed by atoms with E-state index in [1.807, 2.05) is 38.1 Å².